The van der Waals surface area contributed by atoms with E-state index in [1.54, 1.807) is 13.0 Å². The van der Waals surface area contributed by atoms with E-state index in [-0.39, 0.29) is 4.90 Å². The first-order valence-electron chi connectivity index (χ1n) is 7.02. The van der Waals surface area contributed by atoms with E-state index in [4.69, 9.17) is 10.9 Å². The van der Waals surface area contributed by atoms with Crippen molar-refractivity contribution in [2.24, 2.45) is 5.14 Å². The molecule has 1 rings (SSSR count). The highest BCUT2D eigenvalue weighted by Crippen LogP contribution is 2.26. The Kier molecular flexibility index (Phi) is 7.34. The van der Waals surface area contributed by atoms with Gasteiger partial charge in [0.2, 0.25) is 10.0 Å². The number of unbranched alkanes of at least 4 members (excludes halogenated alkanes) is 3. The Bertz CT molecular complexity index is 560. The molecule has 1 aromatic rings. The standard InChI is InChI=1S/C14H25N3O2S2/c1-11-13(17-7-5-3-4-6-8-20-2)9-12(15)10-14(11)21(16,18)19/h9-10,17H,3-8,15H2,1-2H3,(H2,16,18,19). The topological polar surface area (TPSA) is 98.2 Å². The van der Waals surface area contributed by atoms with E-state index < -0.39 is 10.0 Å². The number of benzene rings is 1. The second-order valence-electron chi connectivity index (χ2n) is 5.07. The Hall–Kier alpha value is -0.920. The average molecular weight is 332 g/mol. The number of rotatable bonds is 9. The van der Waals surface area contributed by atoms with Gasteiger partial charge in [-0.3, -0.25) is 0 Å². The molecule has 21 heavy (non-hydrogen) atoms. The van der Waals surface area contributed by atoms with Crippen LogP contribution >= 0.6 is 11.8 Å². The first-order chi connectivity index (χ1) is 9.86. The molecule has 1 aromatic carbocycles. The van der Waals surface area contributed by atoms with E-state index in [0.717, 1.165) is 25.1 Å². The number of nitrogens with two attached hydrogens (primary N) is 2. The van der Waals surface area contributed by atoms with Crippen molar-refractivity contribution in [3.8, 4) is 0 Å². The van der Waals surface area contributed by atoms with Crippen LogP contribution in [-0.4, -0.2) is 27.0 Å². The summed E-state index contributed by atoms with van der Waals surface area (Å²) < 4.78 is 23.1. The summed E-state index contributed by atoms with van der Waals surface area (Å²) in [5.74, 6) is 1.21. The van der Waals surface area contributed by atoms with Crippen molar-refractivity contribution < 1.29 is 8.42 Å². The number of sulfonamides is 1. The predicted molar refractivity (Wildman–Crippen MR) is 92.3 cm³/mol. The van der Waals surface area contributed by atoms with E-state index in [0.29, 0.717) is 11.3 Å². The number of nitrogen functional groups attached to an aromatic ring is 1. The molecule has 7 heteroatoms. The highest BCUT2D eigenvalue weighted by atomic mass is 32.2. The number of hydrogen-bond acceptors (Lipinski definition) is 5. The van der Waals surface area contributed by atoms with E-state index in [1.807, 2.05) is 11.8 Å². The molecule has 0 amide bonds. The van der Waals surface area contributed by atoms with Crippen molar-refractivity contribution in [3.63, 3.8) is 0 Å². The highest BCUT2D eigenvalue weighted by molar-refractivity contribution is 7.98. The summed E-state index contributed by atoms with van der Waals surface area (Å²) in [7, 11) is -3.75. The van der Waals surface area contributed by atoms with Gasteiger partial charge in [0, 0.05) is 17.9 Å². The van der Waals surface area contributed by atoms with Gasteiger partial charge >= 0.3 is 0 Å². The number of primary sulfonamides is 1. The highest BCUT2D eigenvalue weighted by Gasteiger charge is 2.15. The van der Waals surface area contributed by atoms with Gasteiger partial charge in [0.25, 0.3) is 0 Å². The molecular formula is C14H25N3O2S2. The first kappa shape index (κ1) is 18.1. The lowest BCUT2D eigenvalue weighted by Crippen LogP contribution is -2.15. The third-order valence-corrected chi connectivity index (χ3v) is 5.01. The third kappa shape index (κ3) is 6.15. The summed E-state index contributed by atoms with van der Waals surface area (Å²) >= 11 is 1.87. The molecule has 0 aliphatic heterocycles. The van der Waals surface area contributed by atoms with Crippen LogP contribution in [0.5, 0.6) is 0 Å². The molecule has 0 unspecified atom stereocenters. The molecule has 0 heterocycles. The van der Waals surface area contributed by atoms with Crippen molar-refractivity contribution in [2.75, 3.05) is 29.6 Å². The summed E-state index contributed by atoms with van der Waals surface area (Å²) in [6.07, 6.45) is 6.80. The van der Waals surface area contributed by atoms with Crippen LogP contribution in [-0.2, 0) is 10.0 Å². The molecule has 0 bridgehead atoms. The van der Waals surface area contributed by atoms with Gasteiger partial charge in [0.05, 0.1) is 4.90 Å². The van der Waals surface area contributed by atoms with Crippen LogP contribution in [0.15, 0.2) is 17.0 Å². The SMILES string of the molecule is CSCCCCCCNc1cc(N)cc(S(N)(=O)=O)c1C. The molecule has 0 radical (unpaired) electrons. The number of nitrogens with one attached hydrogen (secondary N) is 1. The first-order valence-corrected chi connectivity index (χ1v) is 9.96. The smallest absolute Gasteiger partial charge is 0.238 e. The summed E-state index contributed by atoms with van der Waals surface area (Å²) in [6, 6.07) is 3.15. The van der Waals surface area contributed by atoms with Crippen LogP contribution < -0.4 is 16.2 Å². The monoisotopic (exact) mass is 331 g/mol. The summed E-state index contributed by atoms with van der Waals surface area (Å²) in [5.41, 5.74) is 7.50. The molecule has 5 nitrogen and oxygen atoms in total. The van der Waals surface area contributed by atoms with Gasteiger partial charge in [-0.2, -0.15) is 11.8 Å². The maximum absolute atomic E-state index is 11.5. The number of anilines is 2. The summed E-state index contributed by atoms with van der Waals surface area (Å²) in [4.78, 5) is 0.0879. The molecule has 0 aliphatic rings. The van der Waals surface area contributed by atoms with Crippen molar-refractivity contribution in [1.29, 1.82) is 0 Å². The van der Waals surface area contributed by atoms with Gasteiger partial charge in [-0.05, 0) is 49.5 Å². The minimum atomic E-state index is -3.75. The number of thioether (sulfide) groups is 1. The van der Waals surface area contributed by atoms with Crippen LogP contribution in [0.25, 0.3) is 0 Å². The zero-order chi connectivity index (χ0) is 15.9. The third-order valence-electron chi connectivity index (χ3n) is 3.28. The zero-order valence-corrected chi connectivity index (χ0v) is 14.3. The Morgan fingerprint density at radius 2 is 1.86 bits per heavy atom. The van der Waals surface area contributed by atoms with Crippen molar-refractivity contribution in [1.82, 2.24) is 0 Å². The van der Waals surface area contributed by atoms with Crippen molar-refractivity contribution >= 4 is 33.2 Å². The van der Waals surface area contributed by atoms with Gasteiger partial charge in [0.15, 0.2) is 0 Å². The average Bonchev–Trinajstić information content (AvgIpc) is 2.39. The molecule has 0 saturated heterocycles. The van der Waals surface area contributed by atoms with Crippen molar-refractivity contribution in [3.05, 3.63) is 17.7 Å². The van der Waals surface area contributed by atoms with Gasteiger partial charge in [-0.15, -0.1) is 0 Å². The maximum Gasteiger partial charge on any atom is 0.238 e. The van der Waals surface area contributed by atoms with E-state index in [9.17, 15) is 8.42 Å². The molecule has 0 saturated carbocycles. The quantitative estimate of drug-likeness (QED) is 0.477. The van der Waals surface area contributed by atoms with Gasteiger partial charge in [0.1, 0.15) is 0 Å². The van der Waals surface area contributed by atoms with E-state index in [2.05, 4.69) is 11.6 Å². The molecule has 0 aromatic heterocycles. The van der Waals surface area contributed by atoms with Gasteiger partial charge in [-0.25, -0.2) is 13.6 Å². The second kappa shape index (κ2) is 8.51. The summed E-state index contributed by atoms with van der Waals surface area (Å²) in [6.45, 7) is 2.54. The minimum absolute atomic E-state index is 0.0879. The molecule has 0 fully saturated rings. The fourth-order valence-electron chi connectivity index (χ4n) is 2.14. The van der Waals surface area contributed by atoms with Gasteiger partial charge in [-0.1, -0.05) is 12.8 Å². The lowest BCUT2D eigenvalue weighted by atomic mass is 10.1. The van der Waals surface area contributed by atoms with E-state index >= 15 is 0 Å². The normalized spacial score (nSPS) is 11.6. The Morgan fingerprint density at radius 3 is 2.48 bits per heavy atom. The molecule has 0 atom stereocenters. The largest absolute Gasteiger partial charge is 0.399 e. The molecule has 120 valence electrons. The molecule has 0 spiro atoms. The van der Waals surface area contributed by atoms with Crippen LogP contribution in [0, 0.1) is 6.92 Å². The van der Waals surface area contributed by atoms with Crippen LogP contribution in [0.1, 0.15) is 31.2 Å². The van der Waals surface area contributed by atoms with Crippen LogP contribution in [0.3, 0.4) is 0 Å². The Balaban J connectivity index is 2.58. The fourth-order valence-corrected chi connectivity index (χ4v) is 3.47. The number of hydrogen-bond donors (Lipinski definition) is 3. The van der Waals surface area contributed by atoms with Gasteiger partial charge < -0.3 is 11.1 Å². The maximum atomic E-state index is 11.5. The van der Waals surface area contributed by atoms with E-state index in [1.165, 1.54) is 24.7 Å². The zero-order valence-electron chi connectivity index (χ0n) is 12.7. The lowest BCUT2D eigenvalue weighted by Gasteiger charge is -2.13. The van der Waals surface area contributed by atoms with Crippen molar-refractivity contribution in [2.45, 2.75) is 37.5 Å². The van der Waals surface area contributed by atoms with Crippen LogP contribution in [0.4, 0.5) is 11.4 Å². The molecule has 0 aliphatic carbocycles. The molecular weight excluding hydrogens is 306 g/mol. The summed E-state index contributed by atoms with van der Waals surface area (Å²) in [5, 5.41) is 8.46. The molecule has 5 N–H and O–H groups in total. The second-order valence-corrected chi connectivity index (χ2v) is 7.59. The van der Waals surface area contributed by atoms with Crippen LogP contribution in [0.2, 0.25) is 0 Å². The predicted octanol–water partition coefficient (Wildman–Crippen LogP) is 2.56. The minimum Gasteiger partial charge on any atom is -0.399 e. The Morgan fingerprint density at radius 1 is 1.19 bits per heavy atom. The Labute approximate surface area is 131 Å². The fraction of sp³-hybridized carbons (Fsp3) is 0.571. The lowest BCUT2D eigenvalue weighted by molar-refractivity contribution is 0.597.